The Morgan fingerprint density at radius 3 is 2.62 bits per heavy atom. The zero-order valence-electron chi connectivity index (χ0n) is 15.4. The van der Waals surface area contributed by atoms with Gasteiger partial charge in [-0.05, 0) is 36.5 Å². The summed E-state index contributed by atoms with van der Waals surface area (Å²) in [5, 5.41) is 6.27. The fourth-order valence-electron chi connectivity index (χ4n) is 2.87. The van der Waals surface area contributed by atoms with Gasteiger partial charge in [-0.25, -0.2) is 8.42 Å². The number of aliphatic imine (C=N–C) groups is 1. The second-order valence-electron chi connectivity index (χ2n) is 6.35. The topological polar surface area (TPSA) is 73.8 Å². The third kappa shape index (κ3) is 6.24. The lowest BCUT2D eigenvalue weighted by molar-refractivity contribution is 0.281. The van der Waals surface area contributed by atoms with Crippen LogP contribution in [-0.4, -0.2) is 45.4 Å². The first kappa shape index (κ1) is 22.9. The average Bonchev–Trinajstić information content (AvgIpc) is 2.62. The molecule has 0 bridgehead atoms. The predicted molar refractivity (Wildman–Crippen MR) is 117 cm³/mol. The molecule has 2 rings (SSSR count). The number of hydrogen-bond donors (Lipinski definition) is 2. The highest BCUT2D eigenvalue weighted by molar-refractivity contribution is 14.0. The molecule has 0 amide bonds. The Morgan fingerprint density at radius 2 is 2.04 bits per heavy atom. The summed E-state index contributed by atoms with van der Waals surface area (Å²) in [5.74, 6) is 1.10. The van der Waals surface area contributed by atoms with Crippen molar-refractivity contribution in [3.63, 3.8) is 0 Å². The lowest BCUT2D eigenvalue weighted by Gasteiger charge is -2.30. The number of halogens is 1. The van der Waals surface area contributed by atoms with E-state index in [-0.39, 0.29) is 24.0 Å². The molecule has 1 aliphatic rings. The van der Waals surface area contributed by atoms with Crippen molar-refractivity contribution in [2.75, 3.05) is 26.7 Å². The normalized spacial score (nSPS) is 18.7. The van der Waals surface area contributed by atoms with E-state index in [2.05, 4.69) is 29.1 Å². The maximum absolute atomic E-state index is 12.7. The summed E-state index contributed by atoms with van der Waals surface area (Å²) in [7, 11) is -1.69. The van der Waals surface area contributed by atoms with Crippen LogP contribution in [0.3, 0.4) is 0 Å². The van der Waals surface area contributed by atoms with Crippen molar-refractivity contribution in [3.05, 3.63) is 42.5 Å². The SMILES string of the molecule is C=CCNC(=NC)NCc1ccc(S(=O)(=O)N2CCCC(C)C2)cc1.I. The number of benzene rings is 1. The number of nitrogens with one attached hydrogen (secondary N) is 2. The van der Waals surface area contributed by atoms with Crippen LogP contribution in [0, 0.1) is 5.92 Å². The van der Waals surface area contributed by atoms with Crippen molar-refractivity contribution in [2.24, 2.45) is 10.9 Å². The Bertz CT molecular complexity index is 704. The number of nitrogens with zero attached hydrogens (tertiary/aromatic N) is 2. The molecule has 1 heterocycles. The predicted octanol–water partition coefficient (Wildman–Crippen LogP) is 2.58. The zero-order valence-corrected chi connectivity index (χ0v) is 18.6. The van der Waals surface area contributed by atoms with Crippen molar-refractivity contribution in [1.82, 2.24) is 14.9 Å². The standard InChI is InChI=1S/C18H28N4O2S.HI/c1-4-11-20-18(19-3)21-13-16-7-9-17(10-8-16)25(23,24)22-12-5-6-15(2)14-22;/h4,7-10,15H,1,5-6,11-14H2,2-3H3,(H2,19,20,21);1H. The highest BCUT2D eigenvalue weighted by Gasteiger charge is 2.28. The molecule has 2 N–H and O–H groups in total. The Hall–Kier alpha value is -1.13. The summed E-state index contributed by atoms with van der Waals surface area (Å²) in [6.45, 7) is 8.17. The average molecular weight is 492 g/mol. The van der Waals surface area contributed by atoms with Crippen molar-refractivity contribution < 1.29 is 8.42 Å². The van der Waals surface area contributed by atoms with Crippen molar-refractivity contribution in [3.8, 4) is 0 Å². The van der Waals surface area contributed by atoms with Crippen molar-refractivity contribution in [1.29, 1.82) is 0 Å². The Morgan fingerprint density at radius 1 is 1.35 bits per heavy atom. The van der Waals surface area contributed by atoms with Crippen LogP contribution in [0.25, 0.3) is 0 Å². The van der Waals surface area contributed by atoms with Gasteiger partial charge in [0.1, 0.15) is 0 Å². The molecule has 8 heteroatoms. The third-order valence-electron chi connectivity index (χ3n) is 4.28. The summed E-state index contributed by atoms with van der Waals surface area (Å²) in [5.41, 5.74) is 0.993. The number of piperidine rings is 1. The maximum Gasteiger partial charge on any atom is 0.243 e. The van der Waals surface area contributed by atoms with Gasteiger partial charge in [0.2, 0.25) is 10.0 Å². The minimum Gasteiger partial charge on any atom is -0.353 e. The van der Waals surface area contributed by atoms with Gasteiger partial charge in [-0.2, -0.15) is 4.31 Å². The molecule has 1 aromatic rings. The molecule has 1 atom stereocenters. The van der Waals surface area contributed by atoms with E-state index in [9.17, 15) is 8.42 Å². The molecule has 0 spiro atoms. The molecule has 0 saturated carbocycles. The first-order valence-electron chi connectivity index (χ1n) is 8.62. The van der Waals surface area contributed by atoms with E-state index < -0.39 is 10.0 Å². The van der Waals surface area contributed by atoms with Crippen molar-refractivity contribution in [2.45, 2.75) is 31.2 Å². The Kier molecular flexibility index (Phi) is 9.59. The van der Waals surface area contributed by atoms with Crippen LogP contribution in [0.4, 0.5) is 0 Å². The van der Waals surface area contributed by atoms with Gasteiger partial charge in [0, 0.05) is 33.2 Å². The molecule has 6 nitrogen and oxygen atoms in total. The molecular weight excluding hydrogens is 463 g/mol. The second-order valence-corrected chi connectivity index (χ2v) is 8.29. The van der Waals surface area contributed by atoms with Gasteiger partial charge in [0.05, 0.1) is 4.90 Å². The van der Waals surface area contributed by atoms with E-state index in [0.29, 0.717) is 43.0 Å². The molecule has 1 fully saturated rings. The molecule has 1 saturated heterocycles. The molecule has 26 heavy (non-hydrogen) atoms. The van der Waals surface area contributed by atoms with Crippen LogP contribution in [-0.2, 0) is 16.6 Å². The monoisotopic (exact) mass is 492 g/mol. The summed E-state index contributed by atoms with van der Waals surface area (Å²) < 4.78 is 27.1. The quantitative estimate of drug-likeness (QED) is 0.277. The first-order chi connectivity index (χ1) is 12.0. The van der Waals surface area contributed by atoms with Crippen molar-refractivity contribution >= 4 is 40.0 Å². The summed E-state index contributed by atoms with van der Waals surface area (Å²) in [6.07, 6.45) is 3.78. The van der Waals surface area contributed by atoms with Gasteiger partial charge in [0.15, 0.2) is 5.96 Å². The molecule has 0 aliphatic carbocycles. The number of rotatable bonds is 6. The van der Waals surface area contributed by atoms with E-state index in [0.717, 1.165) is 18.4 Å². The Labute approximate surface area is 174 Å². The van der Waals surface area contributed by atoms with Gasteiger partial charge in [-0.1, -0.05) is 25.1 Å². The highest BCUT2D eigenvalue weighted by atomic mass is 127. The van der Waals surface area contributed by atoms with Crippen LogP contribution in [0.1, 0.15) is 25.3 Å². The van der Waals surface area contributed by atoms with Gasteiger partial charge in [-0.3, -0.25) is 4.99 Å². The van der Waals surface area contributed by atoms with Gasteiger partial charge < -0.3 is 10.6 Å². The molecule has 1 unspecified atom stereocenters. The van der Waals surface area contributed by atoms with Crippen LogP contribution in [0.15, 0.2) is 46.8 Å². The number of hydrogen-bond acceptors (Lipinski definition) is 3. The fraction of sp³-hybridized carbons (Fsp3) is 0.500. The van der Waals surface area contributed by atoms with Crippen LogP contribution < -0.4 is 10.6 Å². The molecular formula is C18H29IN4O2S. The summed E-state index contributed by atoms with van der Waals surface area (Å²) in [4.78, 5) is 4.47. The van der Waals surface area contributed by atoms with E-state index >= 15 is 0 Å². The van der Waals surface area contributed by atoms with Gasteiger partial charge in [0.25, 0.3) is 0 Å². The molecule has 146 valence electrons. The van der Waals surface area contributed by atoms with Crippen LogP contribution in [0.5, 0.6) is 0 Å². The van der Waals surface area contributed by atoms with Crippen LogP contribution in [0.2, 0.25) is 0 Å². The van der Waals surface area contributed by atoms with Gasteiger partial charge >= 0.3 is 0 Å². The third-order valence-corrected chi connectivity index (χ3v) is 6.16. The largest absolute Gasteiger partial charge is 0.353 e. The fourth-order valence-corrected chi connectivity index (χ4v) is 4.47. The minimum atomic E-state index is -3.39. The van der Waals surface area contributed by atoms with Crippen LogP contribution >= 0.6 is 24.0 Å². The Balaban J connectivity index is 0.00000338. The highest BCUT2D eigenvalue weighted by Crippen LogP contribution is 2.23. The lowest BCUT2D eigenvalue weighted by atomic mass is 10.0. The van der Waals surface area contributed by atoms with E-state index in [1.54, 1.807) is 29.6 Å². The minimum absolute atomic E-state index is 0. The first-order valence-corrected chi connectivity index (χ1v) is 10.1. The van der Waals surface area contributed by atoms with Gasteiger partial charge in [-0.15, -0.1) is 30.6 Å². The molecule has 1 aliphatic heterocycles. The maximum atomic E-state index is 12.7. The molecule has 0 aromatic heterocycles. The number of guanidine groups is 1. The smallest absolute Gasteiger partial charge is 0.243 e. The van der Waals surface area contributed by atoms with E-state index in [1.807, 2.05) is 12.1 Å². The summed E-state index contributed by atoms with van der Waals surface area (Å²) >= 11 is 0. The lowest BCUT2D eigenvalue weighted by Crippen LogP contribution is -2.39. The zero-order chi connectivity index (χ0) is 18.3. The summed E-state index contributed by atoms with van der Waals surface area (Å²) in [6, 6.07) is 7.05. The molecule has 1 aromatic carbocycles. The molecule has 0 radical (unpaired) electrons. The number of sulfonamides is 1. The van der Waals surface area contributed by atoms with E-state index in [1.165, 1.54) is 0 Å². The second kappa shape index (κ2) is 10.9. The van der Waals surface area contributed by atoms with E-state index in [4.69, 9.17) is 0 Å².